The molecule has 0 aliphatic carbocycles. The standard InChI is InChI=1S/C15H19NO2S/c1-12-6-7-14(15(18)16-8-10-19-2)13(11-12)5-3-4-9-17/h6-7,11,17H,4,8-10H2,1-2H3,(H,16,18). The number of hydrogen-bond donors (Lipinski definition) is 2. The molecule has 0 spiro atoms. The van der Waals surface area contributed by atoms with E-state index in [1.165, 1.54) is 0 Å². The summed E-state index contributed by atoms with van der Waals surface area (Å²) in [5, 5.41) is 11.6. The van der Waals surface area contributed by atoms with E-state index in [2.05, 4.69) is 17.2 Å². The highest BCUT2D eigenvalue weighted by molar-refractivity contribution is 7.98. The monoisotopic (exact) mass is 277 g/mol. The van der Waals surface area contributed by atoms with Gasteiger partial charge in [0.2, 0.25) is 0 Å². The van der Waals surface area contributed by atoms with Gasteiger partial charge in [-0.3, -0.25) is 4.79 Å². The SMILES string of the molecule is CSCCNC(=O)c1ccc(C)cc1C#CCCO. The van der Waals surface area contributed by atoms with Crippen LogP contribution in [0.5, 0.6) is 0 Å². The lowest BCUT2D eigenvalue weighted by molar-refractivity contribution is 0.0956. The molecule has 2 N–H and O–H groups in total. The summed E-state index contributed by atoms with van der Waals surface area (Å²) in [6.07, 6.45) is 2.42. The van der Waals surface area contributed by atoms with Crippen molar-refractivity contribution in [3.05, 3.63) is 34.9 Å². The normalized spacial score (nSPS) is 9.63. The minimum absolute atomic E-state index is 0.0358. The van der Waals surface area contributed by atoms with Crippen LogP contribution in [-0.4, -0.2) is 36.2 Å². The number of aryl methyl sites for hydroxylation is 1. The van der Waals surface area contributed by atoms with Crippen LogP contribution < -0.4 is 5.32 Å². The number of nitrogens with one attached hydrogen (secondary N) is 1. The lowest BCUT2D eigenvalue weighted by Crippen LogP contribution is -2.26. The fraction of sp³-hybridized carbons (Fsp3) is 0.400. The third-order valence-corrected chi connectivity index (χ3v) is 3.08. The number of rotatable bonds is 5. The lowest BCUT2D eigenvalue weighted by Gasteiger charge is -2.07. The predicted molar refractivity (Wildman–Crippen MR) is 80.5 cm³/mol. The van der Waals surface area contributed by atoms with Crippen LogP contribution in [0.3, 0.4) is 0 Å². The second-order valence-electron chi connectivity index (χ2n) is 4.07. The molecule has 1 rings (SSSR count). The number of carbonyl (C=O) groups excluding carboxylic acids is 1. The van der Waals surface area contributed by atoms with Crippen LogP contribution in [0.15, 0.2) is 18.2 Å². The van der Waals surface area contributed by atoms with Crippen LogP contribution in [0.4, 0.5) is 0 Å². The van der Waals surface area contributed by atoms with Gasteiger partial charge in [0.15, 0.2) is 0 Å². The average Bonchev–Trinajstić information content (AvgIpc) is 2.39. The number of amides is 1. The Morgan fingerprint density at radius 2 is 2.26 bits per heavy atom. The Labute approximate surface area is 118 Å². The van der Waals surface area contributed by atoms with E-state index in [1.807, 2.05) is 25.3 Å². The van der Waals surface area contributed by atoms with Crippen molar-refractivity contribution in [3.8, 4) is 11.8 Å². The molecule has 19 heavy (non-hydrogen) atoms. The molecular formula is C15H19NO2S. The Balaban J connectivity index is 2.87. The molecule has 0 atom stereocenters. The van der Waals surface area contributed by atoms with E-state index in [9.17, 15) is 4.79 Å². The Kier molecular flexibility index (Phi) is 7.09. The smallest absolute Gasteiger partial charge is 0.252 e. The summed E-state index contributed by atoms with van der Waals surface area (Å²) in [5.74, 6) is 6.60. The maximum atomic E-state index is 12.0. The second-order valence-corrected chi connectivity index (χ2v) is 5.06. The highest BCUT2D eigenvalue weighted by Crippen LogP contribution is 2.11. The van der Waals surface area contributed by atoms with Gasteiger partial charge in [0.05, 0.1) is 12.2 Å². The molecule has 1 aromatic carbocycles. The van der Waals surface area contributed by atoms with Crippen LogP contribution in [0.25, 0.3) is 0 Å². The summed E-state index contributed by atoms with van der Waals surface area (Å²) >= 11 is 1.69. The number of aliphatic hydroxyl groups is 1. The predicted octanol–water partition coefficient (Wildman–Crippen LogP) is 1.82. The molecule has 0 radical (unpaired) electrons. The highest BCUT2D eigenvalue weighted by Gasteiger charge is 2.09. The molecule has 1 amide bonds. The highest BCUT2D eigenvalue weighted by atomic mass is 32.2. The van der Waals surface area contributed by atoms with Crippen molar-refractivity contribution in [2.24, 2.45) is 0 Å². The van der Waals surface area contributed by atoms with Gasteiger partial charge in [-0.1, -0.05) is 17.9 Å². The van der Waals surface area contributed by atoms with Gasteiger partial charge in [0.1, 0.15) is 0 Å². The van der Waals surface area contributed by atoms with E-state index in [0.29, 0.717) is 18.5 Å². The molecule has 0 fully saturated rings. The molecule has 0 heterocycles. The first-order chi connectivity index (χ1) is 9.19. The largest absolute Gasteiger partial charge is 0.395 e. The van der Waals surface area contributed by atoms with Crippen LogP contribution in [0.2, 0.25) is 0 Å². The van der Waals surface area contributed by atoms with Crippen LogP contribution in [0.1, 0.15) is 27.9 Å². The van der Waals surface area contributed by atoms with E-state index < -0.39 is 0 Å². The maximum absolute atomic E-state index is 12.0. The Morgan fingerprint density at radius 3 is 2.95 bits per heavy atom. The number of benzene rings is 1. The second kappa shape index (κ2) is 8.63. The minimum atomic E-state index is -0.0950. The molecule has 0 aromatic heterocycles. The molecule has 102 valence electrons. The van der Waals surface area contributed by atoms with Gasteiger partial charge in [-0.15, -0.1) is 0 Å². The third kappa shape index (κ3) is 5.37. The van der Waals surface area contributed by atoms with Gasteiger partial charge >= 0.3 is 0 Å². The molecule has 0 unspecified atom stereocenters. The summed E-state index contributed by atoms with van der Waals surface area (Å²) in [6.45, 7) is 2.65. The minimum Gasteiger partial charge on any atom is -0.395 e. The topological polar surface area (TPSA) is 49.3 Å². The van der Waals surface area contributed by atoms with Crippen molar-refractivity contribution in [3.63, 3.8) is 0 Å². The summed E-state index contributed by atoms with van der Waals surface area (Å²) in [7, 11) is 0. The molecule has 1 aromatic rings. The molecule has 3 nitrogen and oxygen atoms in total. The van der Waals surface area contributed by atoms with Gasteiger partial charge in [-0.2, -0.15) is 11.8 Å². The zero-order chi connectivity index (χ0) is 14.1. The van der Waals surface area contributed by atoms with Crippen molar-refractivity contribution < 1.29 is 9.90 Å². The molecule has 0 aliphatic heterocycles. The lowest BCUT2D eigenvalue weighted by atomic mass is 10.0. The first-order valence-corrected chi connectivity index (χ1v) is 7.56. The van der Waals surface area contributed by atoms with Crippen molar-refractivity contribution in [1.82, 2.24) is 5.32 Å². The van der Waals surface area contributed by atoms with Crippen molar-refractivity contribution in [1.29, 1.82) is 0 Å². The number of hydrogen-bond acceptors (Lipinski definition) is 3. The van der Waals surface area contributed by atoms with Crippen molar-refractivity contribution >= 4 is 17.7 Å². The number of aliphatic hydroxyl groups excluding tert-OH is 1. The third-order valence-electron chi connectivity index (χ3n) is 2.47. The summed E-state index contributed by atoms with van der Waals surface area (Å²) in [5.41, 5.74) is 2.38. The molecule has 0 saturated heterocycles. The number of thioether (sulfide) groups is 1. The summed E-state index contributed by atoms with van der Waals surface area (Å²) < 4.78 is 0. The quantitative estimate of drug-likeness (QED) is 0.637. The zero-order valence-electron chi connectivity index (χ0n) is 11.3. The fourth-order valence-corrected chi connectivity index (χ4v) is 1.84. The first kappa shape index (κ1) is 15.6. The molecule has 0 saturated carbocycles. The molecule has 0 bridgehead atoms. The summed E-state index contributed by atoms with van der Waals surface area (Å²) in [4.78, 5) is 12.0. The first-order valence-electron chi connectivity index (χ1n) is 6.16. The zero-order valence-corrected chi connectivity index (χ0v) is 12.1. The number of carbonyl (C=O) groups is 1. The van der Waals surface area contributed by atoms with Crippen LogP contribution in [-0.2, 0) is 0 Å². The van der Waals surface area contributed by atoms with Gasteiger partial charge in [0.25, 0.3) is 5.91 Å². The van der Waals surface area contributed by atoms with Crippen molar-refractivity contribution in [2.75, 3.05) is 25.2 Å². The fourth-order valence-electron chi connectivity index (χ4n) is 1.53. The summed E-state index contributed by atoms with van der Waals surface area (Å²) in [6, 6.07) is 5.60. The van der Waals surface area contributed by atoms with Crippen LogP contribution >= 0.6 is 11.8 Å². The van der Waals surface area contributed by atoms with E-state index in [1.54, 1.807) is 17.8 Å². The average molecular weight is 277 g/mol. The van der Waals surface area contributed by atoms with Gasteiger partial charge < -0.3 is 10.4 Å². The molecule has 0 aliphatic rings. The molecule has 4 heteroatoms. The van der Waals surface area contributed by atoms with E-state index in [0.717, 1.165) is 16.9 Å². The van der Waals surface area contributed by atoms with Gasteiger partial charge in [-0.25, -0.2) is 0 Å². The molecular weight excluding hydrogens is 258 g/mol. The van der Waals surface area contributed by atoms with E-state index >= 15 is 0 Å². The van der Waals surface area contributed by atoms with E-state index in [-0.39, 0.29) is 12.5 Å². The van der Waals surface area contributed by atoms with Gasteiger partial charge in [0, 0.05) is 24.3 Å². The van der Waals surface area contributed by atoms with E-state index in [4.69, 9.17) is 5.11 Å². The van der Waals surface area contributed by atoms with Crippen molar-refractivity contribution in [2.45, 2.75) is 13.3 Å². The Morgan fingerprint density at radius 1 is 1.47 bits per heavy atom. The maximum Gasteiger partial charge on any atom is 0.252 e. The Hall–Kier alpha value is -1.44. The van der Waals surface area contributed by atoms with Crippen LogP contribution in [0, 0.1) is 18.8 Å². The Bertz CT molecular complexity index is 489. The van der Waals surface area contributed by atoms with Gasteiger partial charge in [-0.05, 0) is 30.9 Å².